The number of nitrogens with one attached hydrogen (secondary N) is 1. The third-order valence-electron chi connectivity index (χ3n) is 5.35. The number of benzene rings is 1. The van der Waals surface area contributed by atoms with E-state index in [2.05, 4.69) is 21.2 Å². The molecular weight excluding hydrogens is 354 g/mol. The lowest BCUT2D eigenvalue weighted by Gasteiger charge is -2.21. The largest absolute Gasteiger partial charge is 0.491 e. The highest BCUT2D eigenvalue weighted by atomic mass is 16.5. The zero-order valence-electron chi connectivity index (χ0n) is 16.5. The first-order chi connectivity index (χ1) is 13.5. The van der Waals surface area contributed by atoms with Gasteiger partial charge in [0.25, 0.3) is 0 Å². The average Bonchev–Trinajstić information content (AvgIpc) is 3.19. The fourth-order valence-electron chi connectivity index (χ4n) is 4.17. The Bertz CT molecular complexity index is 781. The van der Waals surface area contributed by atoms with Gasteiger partial charge in [0.05, 0.1) is 23.7 Å². The third kappa shape index (κ3) is 5.01. The van der Waals surface area contributed by atoms with Gasteiger partial charge in [-0.3, -0.25) is 14.6 Å². The molecule has 2 atom stereocenters. The summed E-state index contributed by atoms with van der Waals surface area (Å²) < 4.78 is 5.79. The van der Waals surface area contributed by atoms with E-state index in [9.17, 15) is 10.1 Å². The Hall–Kier alpha value is -2.61. The lowest BCUT2D eigenvalue weighted by Crippen LogP contribution is -2.40. The van der Waals surface area contributed by atoms with Gasteiger partial charge in [0, 0.05) is 38.8 Å². The molecule has 2 unspecified atom stereocenters. The first kappa shape index (κ1) is 20.1. The van der Waals surface area contributed by atoms with Gasteiger partial charge >= 0.3 is 0 Å². The second-order valence-corrected chi connectivity index (χ2v) is 7.98. The van der Waals surface area contributed by atoms with Gasteiger partial charge in [-0.1, -0.05) is 0 Å². The van der Waals surface area contributed by atoms with Gasteiger partial charge in [0.2, 0.25) is 5.91 Å². The molecule has 2 saturated heterocycles. The van der Waals surface area contributed by atoms with Crippen LogP contribution in [0.5, 0.6) is 5.75 Å². The first-order valence-electron chi connectivity index (χ1n) is 9.79. The minimum atomic E-state index is 0.107. The van der Waals surface area contributed by atoms with E-state index >= 15 is 0 Å². The molecular formula is C21H27N5O2. The van der Waals surface area contributed by atoms with Gasteiger partial charge in [-0.05, 0) is 43.9 Å². The van der Waals surface area contributed by atoms with Crippen molar-refractivity contribution >= 4 is 5.91 Å². The molecule has 0 aliphatic carbocycles. The summed E-state index contributed by atoms with van der Waals surface area (Å²) >= 11 is 0. The second kappa shape index (κ2) is 9.05. The standard InChI is InChI=1S/C21H27N5O2/c1-15(2)24-21(27)14-26-12-18-10-25(11-19(18)13-26)5-6-28-20-4-3-16(8-22)7-17(20)9-23/h3-4,7,15,18-19H,5-6,10-14H2,1-2H3,(H,24,27). The molecule has 0 saturated carbocycles. The zero-order valence-corrected chi connectivity index (χ0v) is 16.5. The van der Waals surface area contributed by atoms with Crippen LogP contribution in [0.3, 0.4) is 0 Å². The van der Waals surface area contributed by atoms with Crippen molar-refractivity contribution in [2.75, 3.05) is 45.9 Å². The van der Waals surface area contributed by atoms with Crippen molar-refractivity contribution in [3.8, 4) is 17.9 Å². The maximum absolute atomic E-state index is 11.9. The van der Waals surface area contributed by atoms with Crippen molar-refractivity contribution in [2.24, 2.45) is 11.8 Å². The van der Waals surface area contributed by atoms with Crippen LogP contribution in [0.2, 0.25) is 0 Å². The number of amides is 1. The number of likely N-dealkylation sites (tertiary alicyclic amines) is 2. The number of nitriles is 2. The van der Waals surface area contributed by atoms with Crippen LogP contribution < -0.4 is 10.1 Å². The van der Waals surface area contributed by atoms with Crippen molar-refractivity contribution in [1.82, 2.24) is 15.1 Å². The number of carbonyl (C=O) groups excluding carboxylic acids is 1. The van der Waals surface area contributed by atoms with Crippen molar-refractivity contribution in [1.29, 1.82) is 10.5 Å². The molecule has 2 aliphatic heterocycles. The average molecular weight is 381 g/mol. The summed E-state index contributed by atoms with van der Waals surface area (Å²) in [6, 6.07) is 9.21. The molecule has 2 fully saturated rings. The molecule has 1 aromatic rings. The Morgan fingerprint density at radius 2 is 1.86 bits per heavy atom. The summed E-state index contributed by atoms with van der Waals surface area (Å²) in [5.41, 5.74) is 0.857. The summed E-state index contributed by atoms with van der Waals surface area (Å²) in [5, 5.41) is 21.1. The van der Waals surface area contributed by atoms with Crippen LogP contribution in [-0.2, 0) is 4.79 Å². The minimum Gasteiger partial charge on any atom is -0.491 e. The van der Waals surface area contributed by atoms with E-state index in [-0.39, 0.29) is 11.9 Å². The molecule has 0 bridgehead atoms. The molecule has 0 spiro atoms. The van der Waals surface area contributed by atoms with Crippen LogP contribution in [-0.4, -0.2) is 67.6 Å². The Kier molecular flexibility index (Phi) is 6.51. The number of hydrogen-bond donors (Lipinski definition) is 1. The highest BCUT2D eigenvalue weighted by Crippen LogP contribution is 2.30. The number of rotatable bonds is 7. The maximum Gasteiger partial charge on any atom is 0.234 e. The van der Waals surface area contributed by atoms with E-state index in [1.165, 1.54) is 0 Å². The van der Waals surface area contributed by atoms with E-state index in [0.717, 1.165) is 32.7 Å². The Morgan fingerprint density at radius 3 is 2.46 bits per heavy atom. The van der Waals surface area contributed by atoms with Crippen molar-refractivity contribution in [2.45, 2.75) is 19.9 Å². The van der Waals surface area contributed by atoms with Crippen LogP contribution in [0.1, 0.15) is 25.0 Å². The van der Waals surface area contributed by atoms with Gasteiger partial charge in [0.15, 0.2) is 0 Å². The number of carbonyl (C=O) groups is 1. The van der Waals surface area contributed by atoms with E-state index in [0.29, 0.717) is 41.9 Å². The van der Waals surface area contributed by atoms with Gasteiger partial charge in [-0.2, -0.15) is 10.5 Å². The Labute approximate surface area is 166 Å². The van der Waals surface area contributed by atoms with Gasteiger partial charge < -0.3 is 10.1 Å². The molecule has 7 heteroatoms. The highest BCUT2D eigenvalue weighted by molar-refractivity contribution is 5.78. The summed E-state index contributed by atoms with van der Waals surface area (Å²) in [6.45, 7) is 9.77. The minimum absolute atomic E-state index is 0.107. The Morgan fingerprint density at radius 1 is 1.18 bits per heavy atom. The van der Waals surface area contributed by atoms with Crippen molar-refractivity contribution in [3.05, 3.63) is 29.3 Å². The van der Waals surface area contributed by atoms with Gasteiger partial charge in [-0.25, -0.2) is 0 Å². The van der Waals surface area contributed by atoms with Crippen LogP contribution >= 0.6 is 0 Å². The van der Waals surface area contributed by atoms with Gasteiger partial charge in [-0.15, -0.1) is 0 Å². The molecule has 1 aromatic carbocycles. The normalized spacial score (nSPS) is 21.9. The molecule has 1 N–H and O–H groups in total. The SMILES string of the molecule is CC(C)NC(=O)CN1CC2CN(CCOc3ccc(C#N)cc3C#N)CC2C1. The fourth-order valence-corrected chi connectivity index (χ4v) is 4.17. The molecule has 3 rings (SSSR count). The third-order valence-corrected chi connectivity index (χ3v) is 5.35. The van der Waals surface area contributed by atoms with Crippen molar-refractivity contribution < 1.29 is 9.53 Å². The number of hydrogen-bond acceptors (Lipinski definition) is 6. The Balaban J connectivity index is 1.41. The molecule has 0 radical (unpaired) electrons. The molecule has 2 aliphatic rings. The van der Waals surface area contributed by atoms with Crippen LogP contribution in [0, 0.1) is 34.5 Å². The molecule has 0 aromatic heterocycles. The lowest BCUT2D eigenvalue weighted by atomic mass is 10.0. The molecule has 28 heavy (non-hydrogen) atoms. The van der Waals surface area contributed by atoms with Crippen LogP contribution in [0.4, 0.5) is 0 Å². The monoisotopic (exact) mass is 381 g/mol. The topological polar surface area (TPSA) is 92.4 Å². The molecule has 2 heterocycles. The summed E-state index contributed by atoms with van der Waals surface area (Å²) in [5.74, 6) is 1.85. The van der Waals surface area contributed by atoms with Crippen molar-refractivity contribution in [3.63, 3.8) is 0 Å². The molecule has 1 amide bonds. The quantitative estimate of drug-likeness (QED) is 0.763. The predicted octanol–water partition coefficient (Wildman–Crippen LogP) is 1.20. The first-order valence-corrected chi connectivity index (χ1v) is 9.79. The zero-order chi connectivity index (χ0) is 20.1. The van der Waals surface area contributed by atoms with Crippen LogP contribution in [0.25, 0.3) is 0 Å². The van der Waals surface area contributed by atoms with E-state index in [4.69, 9.17) is 10.00 Å². The molecule has 148 valence electrons. The van der Waals surface area contributed by atoms with E-state index in [1.807, 2.05) is 19.9 Å². The fraction of sp³-hybridized carbons (Fsp3) is 0.571. The second-order valence-electron chi connectivity index (χ2n) is 7.98. The lowest BCUT2D eigenvalue weighted by molar-refractivity contribution is -0.122. The van der Waals surface area contributed by atoms with E-state index in [1.54, 1.807) is 18.2 Å². The summed E-state index contributed by atoms with van der Waals surface area (Å²) in [6.07, 6.45) is 0. The van der Waals surface area contributed by atoms with E-state index < -0.39 is 0 Å². The summed E-state index contributed by atoms with van der Waals surface area (Å²) in [7, 11) is 0. The number of fused-ring (bicyclic) bond motifs is 1. The van der Waals surface area contributed by atoms with Crippen LogP contribution in [0.15, 0.2) is 18.2 Å². The number of ether oxygens (including phenoxy) is 1. The number of nitrogens with zero attached hydrogens (tertiary/aromatic N) is 4. The smallest absolute Gasteiger partial charge is 0.234 e. The molecule has 7 nitrogen and oxygen atoms in total. The highest BCUT2D eigenvalue weighted by Gasteiger charge is 2.40. The summed E-state index contributed by atoms with van der Waals surface area (Å²) in [4.78, 5) is 16.6. The maximum atomic E-state index is 11.9. The predicted molar refractivity (Wildman–Crippen MR) is 105 cm³/mol. The van der Waals surface area contributed by atoms with Gasteiger partial charge in [0.1, 0.15) is 18.4 Å².